The summed E-state index contributed by atoms with van der Waals surface area (Å²) in [6, 6.07) is 70.2. The molecule has 0 spiro atoms. The van der Waals surface area contributed by atoms with Gasteiger partial charge in [0.1, 0.15) is 0 Å². The topological polar surface area (TPSA) is 101 Å². The molecule has 7 nitrogen and oxygen atoms in total. The lowest BCUT2D eigenvalue weighted by Crippen LogP contribution is -2.13. The quantitative estimate of drug-likeness (QED) is 0.142. The van der Waals surface area contributed by atoms with Crippen molar-refractivity contribution >= 4 is 0 Å². The number of benzene rings is 8. The average Bonchev–Trinajstić information content (AvgIpc) is 3.40. The van der Waals surface area contributed by atoms with Crippen molar-refractivity contribution < 1.29 is 0 Å². The van der Waals surface area contributed by atoms with Crippen molar-refractivity contribution in [1.82, 2.24) is 29.9 Å². The van der Waals surface area contributed by atoms with Crippen molar-refractivity contribution in [1.29, 1.82) is 5.26 Å². The molecule has 2 heterocycles. The maximum absolute atomic E-state index is 9.85. The summed E-state index contributed by atoms with van der Waals surface area (Å²) in [6.07, 6.45) is 0. The molecular weight excluding hydrogens is 855 g/mol. The smallest absolute Gasteiger partial charge is 0.164 e. The van der Waals surface area contributed by atoms with Gasteiger partial charge in [-0.2, -0.15) is 5.26 Å². The standard InChI is InChI=1S/C63H51N7/c1-62(2,3)54-31-19-17-29-51(54)60-67-56(43-21-9-7-10-22-43)65-58(69-60)49-27-15-13-25-46(49)45-37-38-48(53(39-45)42-35-33-41(40-64)34-36-42)47-26-14-16-28-50(47)59-66-57(44-23-11-8-12-24-44)68-61(70-59)52-30-18-20-32-55(52)63(4,5)6/h7-39H,1-6H3. The lowest BCUT2D eigenvalue weighted by molar-refractivity contribution is 0.591. The van der Waals surface area contributed by atoms with Crippen LogP contribution in [0.2, 0.25) is 0 Å². The Morgan fingerprint density at radius 3 is 1.09 bits per heavy atom. The van der Waals surface area contributed by atoms with Gasteiger partial charge in [-0.15, -0.1) is 0 Å². The van der Waals surface area contributed by atoms with E-state index in [2.05, 4.69) is 139 Å². The minimum Gasteiger partial charge on any atom is -0.208 e. The highest BCUT2D eigenvalue weighted by molar-refractivity contribution is 5.94. The van der Waals surface area contributed by atoms with Crippen LogP contribution in [0.4, 0.5) is 0 Å². The second kappa shape index (κ2) is 18.7. The van der Waals surface area contributed by atoms with E-state index in [1.807, 2.05) is 109 Å². The van der Waals surface area contributed by atoms with Gasteiger partial charge in [0.2, 0.25) is 0 Å². The highest BCUT2D eigenvalue weighted by atomic mass is 15.0. The van der Waals surface area contributed by atoms with E-state index in [0.717, 1.165) is 77.9 Å². The first-order valence-electron chi connectivity index (χ1n) is 23.6. The molecule has 0 aliphatic rings. The number of rotatable bonds is 9. The summed E-state index contributed by atoms with van der Waals surface area (Å²) < 4.78 is 0. The first-order chi connectivity index (χ1) is 33.9. The Kier molecular flexibility index (Phi) is 12.1. The van der Waals surface area contributed by atoms with Crippen LogP contribution in [0.15, 0.2) is 200 Å². The fourth-order valence-electron chi connectivity index (χ4n) is 9.08. The van der Waals surface area contributed by atoms with Crippen molar-refractivity contribution in [3.63, 3.8) is 0 Å². The molecule has 8 aromatic carbocycles. The molecule has 0 unspecified atom stereocenters. The minimum absolute atomic E-state index is 0.149. The van der Waals surface area contributed by atoms with Crippen LogP contribution in [-0.4, -0.2) is 29.9 Å². The lowest BCUT2D eigenvalue weighted by atomic mass is 9.83. The average molecular weight is 906 g/mol. The minimum atomic E-state index is -0.155. The van der Waals surface area contributed by atoms with Gasteiger partial charge in [-0.25, -0.2) is 29.9 Å². The van der Waals surface area contributed by atoms with Crippen LogP contribution in [0.1, 0.15) is 58.2 Å². The number of hydrogen-bond acceptors (Lipinski definition) is 7. The zero-order chi connectivity index (χ0) is 48.4. The Labute approximate surface area is 410 Å². The molecule has 2 aromatic heterocycles. The SMILES string of the molecule is CC(C)(C)c1ccccc1-c1nc(-c2ccccc2)nc(-c2ccccc2-c2ccc(-c3ccccc3-c3nc(-c4ccccc4)nc(-c4ccccc4C(C)(C)C)n3)c(-c3ccc(C#N)cc3)c2)n1. The summed E-state index contributed by atoms with van der Waals surface area (Å²) in [6.45, 7) is 13.3. The van der Waals surface area contributed by atoms with E-state index in [0.29, 0.717) is 40.5 Å². The van der Waals surface area contributed by atoms with Crippen LogP contribution in [0.3, 0.4) is 0 Å². The fourth-order valence-corrected chi connectivity index (χ4v) is 9.08. The lowest BCUT2D eigenvalue weighted by Gasteiger charge is -2.23. The van der Waals surface area contributed by atoms with Crippen molar-refractivity contribution in [2.75, 3.05) is 0 Å². The van der Waals surface area contributed by atoms with E-state index in [-0.39, 0.29) is 10.8 Å². The van der Waals surface area contributed by atoms with E-state index in [1.54, 1.807) is 0 Å². The van der Waals surface area contributed by atoms with Crippen molar-refractivity contribution in [2.45, 2.75) is 52.4 Å². The molecule has 0 aliphatic heterocycles. The van der Waals surface area contributed by atoms with Gasteiger partial charge >= 0.3 is 0 Å². The van der Waals surface area contributed by atoms with Crippen molar-refractivity contribution in [3.8, 4) is 108 Å². The summed E-state index contributed by atoms with van der Waals surface area (Å²) in [5, 5.41) is 9.85. The number of hydrogen-bond donors (Lipinski definition) is 0. The molecule has 0 bridgehead atoms. The van der Waals surface area contributed by atoms with Crippen LogP contribution in [0.25, 0.3) is 102 Å². The van der Waals surface area contributed by atoms with E-state index in [1.165, 1.54) is 0 Å². The maximum Gasteiger partial charge on any atom is 0.164 e. The molecule has 0 amide bonds. The summed E-state index contributed by atoms with van der Waals surface area (Å²) in [4.78, 5) is 31.2. The zero-order valence-electron chi connectivity index (χ0n) is 40.2. The summed E-state index contributed by atoms with van der Waals surface area (Å²) in [7, 11) is 0. The largest absolute Gasteiger partial charge is 0.208 e. The number of nitrogens with zero attached hydrogens (tertiary/aromatic N) is 7. The molecule has 0 atom stereocenters. The number of nitriles is 1. The van der Waals surface area contributed by atoms with Crippen LogP contribution >= 0.6 is 0 Å². The Bertz CT molecular complexity index is 3560. The third-order valence-electron chi connectivity index (χ3n) is 12.6. The summed E-state index contributed by atoms with van der Waals surface area (Å²) in [5.74, 6) is 3.57. The highest BCUT2D eigenvalue weighted by Crippen LogP contribution is 2.43. The van der Waals surface area contributed by atoms with Crippen molar-refractivity contribution in [2.24, 2.45) is 0 Å². The third-order valence-corrected chi connectivity index (χ3v) is 12.6. The molecule has 0 saturated carbocycles. The normalized spacial score (nSPS) is 11.6. The summed E-state index contributed by atoms with van der Waals surface area (Å²) in [5.41, 5.74) is 13.9. The van der Waals surface area contributed by atoms with Crippen LogP contribution in [0, 0.1) is 11.3 Å². The van der Waals surface area contributed by atoms with Crippen LogP contribution in [0.5, 0.6) is 0 Å². The first kappa shape index (κ1) is 45.1. The van der Waals surface area contributed by atoms with Gasteiger partial charge in [0, 0.05) is 33.4 Å². The van der Waals surface area contributed by atoms with Gasteiger partial charge in [-0.05, 0) is 73.5 Å². The highest BCUT2D eigenvalue weighted by Gasteiger charge is 2.25. The predicted octanol–water partition coefficient (Wildman–Crippen LogP) is 15.5. The zero-order valence-corrected chi connectivity index (χ0v) is 40.2. The van der Waals surface area contributed by atoms with Crippen LogP contribution in [-0.2, 0) is 10.8 Å². The molecule has 70 heavy (non-hydrogen) atoms. The van der Waals surface area contributed by atoms with Gasteiger partial charge in [0.05, 0.1) is 11.6 Å². The Hall–Kier alpha value is -8.73. The number of aromatic nitrogens is 6. The van der Waals surface area contributed by atoms with Gasteiger partial charge in [0.25, 0.3) is 0 Å². The summed E-state index contributed by atoms with van der Waals surface area (Å²) >= 11 is 0. The predicted molar refractivity (Wildman–Crippen MR) is 284 cm³/mol. The Morgan fingerprint density at radius 2 is 0.629 bits per heavy atom. The van der Waals surface area contributed by atoms with E-state index in [4.69, 9.17) is 29.9 Å². The molecule has 0 fully saturated rings. The molecule has 7 heteroatoms. The second-order valence-electron chi connectivity index (χ2n) is 19.5. The molecular formula is C63H51N7. The van der Waals surface area contributed by atoms with Gasteiger partial charge in [-0.1, -0.05) is 224 Å². The molecule has 10 aromatic rings. The first-order valence-corrected chi connectivity index (χ1v) is 23.6. The fraction of sp³-hybridized carbons (Fsp3) is 0.127. The molecule has 338 valence electrons. The molecule has 0 radical (unpaired) electrons. The molecule has 0 saturated heterocycles. The van der Waals surface area contributed by atoms with Gasteiger partial charge in [-0.3, -0.25) is 0 Å². The maximum atomic E-state index is 9.85. The Balaban J connectivity index is 1.17. The van der Waals surface area contributed by atoms with Crippen LogP contribution < -0.4 is 0 Å². The van der Waals surface area contributed by atoms with E-state index in [9.17, 15) is 5.26 Å². The van der Waals surface area contributed by atoms with Crippen molar-refractivity contribution in [3.05, 3.63) is 217 Å². The van der Waals surface area contributed by atoms with E-state index < -0.39 is 0 Å². The Morgan fingerprint density at radius 1 is 0.286 bits per heavy atom. The van der Waals surface area contributed by atoms with Gasteiger partial charge in [0.15, 0.2) is 34.9 Å². The third kappa shape index (κ3) is 9.15. The van der Waals surface area contributed by atoms with Gasteiger partial charge < -0.3 is 0 Å². The second-order valence-corrected chi connectivity index (χ2v) is 19.5. The van der Waals surface area contributed by atoms with E-state index >= 15 is 0 Å². The molecule has 0 N–H and O–H groups in total. The molecule has 0 aliphatic carbocycles. The monoisotopic (exact) mass is 905 g/mol. The molecule has 10 rings (SSSR count).